The van der Waals surface area contributed by atoms with E-state index < -0.39 is 22.5 Å². The number of benzene rings is 3. The van der Waals surface area contributed by atoms with E-state index in [1.54, 1.807) is 42.5 Å². The first-order valence-corrected chi connectivity index (χ1v) is 12.5. The van der Waals surface area contributed by atoms with E-state index in [-0.39, 0.29) is 16.4 Å². The van der Waals surface area contributed by atoms with Crippen molar-refractivity contribution in [2.24, 2.45) is 5.10 Å². The number of para-hydroxylation sites is 1. The molecular formula is C24H24BrN3O6S. The molecule has 1 amide bonds. The Balaban J connectivity index is 1.87. The molecule has 0 fully saturated rings. The molecule has 0 aliphatic heterocycles. The number of aryl methyl sites for hydroxylation is 1. The fraction of sp³-hybridized carbons (Fsp3) is 0.167. The first kappa shape index (κ1) is 26.0. The maximum atomic E-state index is 13.5. The molecule has 0 saturated carbocycles. The average Bonchev–Trinajstić information content (AvgIpc) is 2.84. The van der Waals surface area contributed by atoms with E-state index in [9.17, 15) is 18.3 Å². The van der Waals surface area contributed by atoms with E-state index in [0.29, 0.717) is 21.5 Å². The number of carbonyl (C=O) groups excluding carboxylic acids is 1. The number of phenolic OH excluding ortho intramolecular Hbond substituents is 1. The number of methoxy groups -OCH3 is 2. The van der Waals surface area contributed by atoms with Crippen LogP contribution < -0.4 is 19.2 Å². The molecule has 0 spiro atoms. The van der Waals surface area contributed by atoms with Crippen molar-refractivity contribution in [3.05, 3.63) is 76.3 Å². The lowest BCUT2D eigenvalue weighted by atomic mass is 10.2. The summed E-state index contributed by atoms with van der Waals surface area (Å²) in [6, 6.07) is 15.9. The highest BCUT2D eigenvalue weighted by Gasteiger charge is 2.28. The van der Waals surface area contributed by atoms with E-state index in [2.05, 4.69) is 26.5 Å². The lowest BCUT2D eigenvalue weighted by Gasteiger charge is -2.24. The molecule has 0 bridgehead atoms. The first-order chi connectivity index (χ1) is 16.7. The predicted molar refractivity (Wildman–Crippen MR) is 137 cm³/mol. The minimum absolute atomic E-state index is 0.0247. The molecule has 3 rings (SSSR count). The van der Waals surface area contributed by atoms with Crippen LogP contribution >= 0.6 is 15.9 Å². The van der Waals surface area contributed by atoms with Gasteiger partial charge in [0.1, 0.15) is 12.3 Å². The number of halogens is 1. The van der Waals surface area contributed by atoms with E-state index >= 15 is 0 Å². The number of amides is 1. The number of ether oxygens (including phenoxy) is 2. The van der Waals surface area contributed by atoms with Crippen LogP contribution in [0.3, 0.4) is 0 Å². The standard InChI is InChI=1S/C24H24BrN3O6S/c1-16-7-9-18(10-8-16)28(35(31,32)19-11-12-21(33-2)20(25)13-19)15-23(29)27-26-14-17-5-4-6-22(34-3)24(17)30/h4-14,30H,15H2,1-3H3,(H,27,29)/b26-14-. The van der Waals surface area contributed by atoms with E-state index in [1.807, 2.05) is 6.92 Å². The third-order valence-corrected chi connectivity index (χ3v) is 7.35. The summed E-state index contributed by atoms with van der Waals surface area (Å²) in [5.41, 5.74) is 3.87. The fourth-order valence-corrected chi connectivity index (χ4v) is 5.25. The van der Waals surface area contributed by atoms with Crippen LogP contribution in [0.25, 0.3) is 0 Å². The van der Waals surface area contributed by atoms with Gasteiger partial charge in [0.15, 0.2) is 11.5 Å². The Bertz CT molecular complexity index is 1340. The monoisotopic (exact) mass is 561 g/mol. The number of hydrazone groups is 1. The third-order valence-electron chi connectivity index (χ3n) is 4.96. The lowest BCUT2D eigenvalue weighted by Crippen LogP contribution is -2.39. The van der Waals surface area contributed by atoms with Gasteiger partial charge in [-0.2, -0.15) is 5.10 Å². The number of anilines is 1. The smallest absolute Gasteiger partial charge is 0.264 e. The molecule has 184 valence electrons. The second-order valence-electron chi connectivity index (χ2n) is 7.33. The Labute approximate surface area is 212 Å². The zero-order chi connectivity index (χ0) is 25.6. The highest BCUT2D eigenvalue weighted by atomic mass is 79.9. The number of nitrogens with one attached hydrogen (secondary N) is 1. The number of rotatable bonds is 9. The first-order valence-electron chi connectivity index (χ1n) is 10.3. The highest BCUT2D eigenvalue weighted by Crippen LogP contribution is 2.31. The van der Waals surface area contributed by atoms with Gasteiger partial charge in [0, 0.05) is 5.56 Å². The lowest BCUT2D eigenvalue weighted by molar-refractivity contribution is -0.119. The van der Waals surface area contributed by atoms with Crippen LogP contribution in [0.5, 0.6) is 17.2 Å². The van der Waals surface area contributed by atoms with Gasteiger partial charge in [0.25, 0.3) is 15.9 Å². The van der Waals surface area contributed by atoms with Gasteiger partial charge in [-0.1, -0.05) is 23.8 Å². The second-order valence-corrected chi connectivity index (χ2v) is 10.1. The van der Waals surface area contributed by atoms with E-state index in [4.69, 9.17) is 9.47 Å². The quantitative estimate of drug-likeness (QED) is 0.303. The van der Waals surface area contributed by atoms with Crippen LogP contribution in [0.15, 0.2) is 75.1 Å². The van der Waals surface area contributed by atoms with Crippen molar-refractivity contribution in [2.75, 3.05) is 25.1 Å². The second kappa shape index (κ2) is 11.2. The Morgan fingerprint density at radius 1 is 1.09 bits per heavy atom. The van der Waals surface area contributed by atoms with E-state index in [1.165, 1.54) is 38.6 Å². The van der Waals surface area contributed by atoms with Gasteiger partial charge in [0.05, 0.1) is 35.5 Å². The van der Waals surface area contributed by atoms with Crippen molar-refractivity contribution in [3.8, 4) is 17.2 Å². The Hall–Kier alpha value is -3.57. The average molecular weight is 562 g/mol. The van der Waals surface area contributed by atoms with Gasteiger partial charge in [-0.3, -0.25) is 9.10 Å². The maximum absolute atomic E-state index is 13.5. The summed E-state index contributed by atoms with van der Waals surface area (Å²) in [4.78, 5) is 12.7. The molecule has 3 aromatic rings. The van der Waals surface area contributed by atoms with Crippen LogP contribution in [-0.2, 0) is 14.8 Å². The highest BCUT2D eigenvalue weighted by molar-refractivity contribution is 9.10. The maximum Gasteiger partial charge on any atom is 0.264 e. The molecule has 9 nitrogen and oxygen atoms in total. The van der Waals surface area contributed by atoms with Crippen molar-refractivity contribution >= 4 is 43.8 Å². The van der Waals surface area contributed by atoms with E-state index in [0.717, 1.165) is 9.87 Å². The molecule has 0 radical (unpaired) electrons. The number of phenols is 1. The van der Waals surface area contributed by atoms with Crippen molar-refractivity contribution in [2.45, 2.75) is 11.8 Å². The molecule has 0 aliphatic rings. The molecule has 0 saturated heterocycles. The van der Waals surface area contributed by atoms with Crippen LogP contribution in [0, 0.1) is 6.92 Å². The molecule has 35 heavy (non-hydrogen) atoms. The van der Waals surface area contributed by atoms with Crippen molar-refractivity contribution in [1.82, 2.24) is 5.43 Å². The fourth-order valence-electron chi connectivity index (χ4n) is 3.11. The largest absolute Gasteiger partial charge is 0.504 e. The van der Waals surface area contributed by atoms with Gasteiger partial charge in [-0.15, -0.1) is 0 Å². The number of hydrogen-bond donors (Lipinski definition) is 2. The van der Waals surface area contributed by atoms with Crippen LogP contribution in [-0.4, -0.2) is 46.4 Å². The molecule has 0 aromatic heterocycles. The summed E-state index contributed by atoms with van der Waals surface area (Å²) in [5.74, 6) is -0.0939. The molecule has 11 heteroatoms. The minimum Gasteiger partial charge on any atom is -0.504 e. The van der Waals surface area contributed by atoms with Gasteiger partial charge in [-0.25, -0.2) is 13.8 Å². The Kier molecular flexibility index (Phi) is 8.36. The molecule has 3 aromatic carbocycles. The van der Waals surface area contributed by atoms with Crippen LogP contribution in [0.4, 0.5) is 5.69 Å². The summed E-state index contributed by atoms with van der Waals surface area (Å²) >= 11 is 3.30. The number of sulfonamides is 1. The Morgan fingerprint density at radius 3 is 2.40 bits per heavy atom. The van der Waals surface area contributed by atoms with Gasteiger partial charge < -0.3 is 14.6 Å². The summed E-state index contributed by atoms with van der Waals surface area (Å²) in [6.07, 6.45) is 1.24. The topological polar surface area (TPSA) is 118 Å². The molecule has 0 unspecified atom stereocenters. The number of hydrogen-bond acceptors (Lipinski definition) is 7. The number of nitrogens with zero attached hydrogens (tertiary/aromatic N) is 2. The molecular weight excluding hydrogens is 538 g/mol. The third kappa shape index (κ3) is 6.11. The normalized spacial score (nSPS) is 11.3. The zero-order valence-corrected chi connectivity index (χ0v) is 21.6. The number of carbonyl (C=O) groups is 1. The van der Waals surface area contributed by atoms with Gasteiger partial charge in [0.2, 0.25) is 0 Å². The predicted octanol–water partition coefficient (Wildman–Crippen LogP) is 3.83. The summed E-state index contributed by atoms with van der Waals surface area (Å²) in [7, 11) is -1.23. The van der Waals surface area contributed by atoms with Crippen molar-refractivity contribution in [3.63, 3.8) is 0 Å². The van der Waals surface area contributed by atoms with Crippen LogP contribution in [0.2, 0.25) is 0 Å². The van der Waals surface area contributed by atoms with Crippen LogP contribution in [0.1, 0.15) is 11.1 Å². The molecule has 0 atom stereocenters. The SMILES string of the molecule is COc1ccc(S(=O)(=O)N(CC(=O)N/N=C\c2cccc(OC)c2O)c2ccc(C)cc2)cc1Br. The summed E-state index contributed by atoms with van der Waals surface area (Å²) in [5, 5.41) is 14.0. The summed E-state index contributed by atoms with van der Waals surface area (Å²) in [6.45, 7) is 1.34. The Morgan fingerprint density at radius 2 is 1.77 bits per heavy atom. The minimum atomic E-state index is -4.12. The summed E-state index contributed by atoms with van der Waals surface area (Å²) < 4.78 is 38.7. The molecule has 0 heterocycles. The van der Waals surface area contributed by atoms with Gasteiger partial charge in [-0.05, 0) is 65.3 Å². The molecule has 0 aliphatic carbocycles. The zero-order valence-electron chi connectivity index (χ0n) is 19.2. The van der Waals surface area contributed by atoms with Crippen molar-refractivity contribution < 1.29 is 27.8 Å². The van der Waals surface area contributed by atoms with Gasteiger partial charge >= 0.3 is 0 Å². The molecule has 2 N–H and O–H groups in total. The number of aromatic hydroxyl groups is 1. The van der Waals surface area contributed by atoms with Crippen molar-refractivity contribution in [1.29, 1.82) is 0 Å².